The number of nitro groups is 1. The van der Waals surface area contributed by atoms with Gasteiger partial charge in [0.2, 0.25) is 0 Å². The molecule has 28 heavy (non-hydrogen) atoms. The van der Waals surface area contributed by atoms with Crippen LogP contribution in [-0.2, 0) is 6.54 Å². The Kier molecular flexibility index (Phi) is 3.81. The molecule has 0 atom stereocenters. The lowest BCUT2D eigenvalue weighted by molar-refractivity contribution is -0.384. The fourth-order valence-electron chi connectivity index (χ4n) is 3.24. The molecule has 0 saturated carbocycles. The van der Waals surface area contributed by atoms with Crippen LogP contribution in [0.25, 0.3) is 21.9 Å². The van der Waals surface area contributed by atoms with Gasteiger partial charge in [0.1, 0.15) is 0 Å². The molecule has 0 radical (unpaired) electrons. The molecule has 4 aromatic rings. The maximum atomic E-state index is 11.7. The minimum absolute atomic E-state index is 0.0496. The Hall–Kier alpha value is -4.21. The van der Waals surface area contributed by atoms with Gasteiger partial charge in [0.15, 0.2) is 0 Å². The average molecular weight is 380 g/mol. The summed E-state index contributed by atoms with van der Waals surface area (Å²) in [7, 11) is 0. The lowest BCUT2D eigenvalue weighted by atomic mass is 10.1. The summed E-state index contributed by atoms with van der Waals surface area (Å²) in [5.74, 6) is -1.10. The molecule has 0 aliphatic rings. The third-order valence-electron chi connectivity index (χ3n) is 4.47. The first kappa shape index (κ1) is 17.2. The number of para-hydroxylation sites is 1. The number of non-ortho nitro benzene ring substituents is 1. The van der Waals surface area contributed by atoms with Gasteiger partial charge in [-0.25, -0.2) is 4.79 Å². The normalized spacial score (nSPS) is 11.1. The van der Waals surface area contributed by atoms with E-state index in [1.54, 1.807) is 28.8 Å². The third-order valence-corrected chi connectivity index (χ3v) is 4.47. The van der Waals surface area contributed by atoms with Crippen molar-refractivity contribution in [3.63, 3.8) is 0 Å². The number of carbonyl (C=O) groups is 1. The molecule has 2 aromatic heterocycles. The van der Waals surface area contributed by atoms with Crippen molar-refractivity contribution < 1.29 is 14.8 Å². The average Bonchev–Trinajstić information content (AvgIpc) is 3.02. The molecule has 140 valence electrons. The van der Waals surface area contributed by atoms with Crippen molar-refractivity contribution in [2.75, 3.05) is 0 Å². The van der Waals surface area contributed by atoms with E-state index in [0.29, 0.717) is 16.5 Å². The van der Waals surface area contributed by atoms with Crippen LogP contribution in [0.4, 0.5) is 5.69 Å². The Morgan fingerprint density at radius 1 is 1.14 bits per heavy atom. The van der Waals surface area contributed by atoms with Crippen molar-refractivity contribution in [1.82, 2.24) is 14.5 Å². The molecule has 2 heterocycles. The summed E-state index contributed by atoms with van der Waals surface area (Å²) in [6, 6.07) is 9.30. The minimum atomic E-state index is -1.10. The molecule has 0 saturated heterocycles. The van der Waals surface area contributed by atoms with Gasteiger partial charge in [0.05, 0.1) is 21.5 Å². The predicted octanol–water partition coefficient (Wildman–Crippen LogP) is 1.83. The maximum Gasteiger partial charge on any atom is 0.337 e. The van der Waals surface area contributed by atoms with Gasteiger partial charge in [-0.05, 0) is 6.07 Å². The number of nitrogens with one attached hydrogen (secondary N) is 2. The summed E-state index contributed by atoms with van der Waals surface area (Å²) in [5.41, 5.74) is -0.646. The molecule has 0 bridgehead atoms. The Morgan fingerprint density at radius 2 is 1.86 bits per heavy atom. The van der Waals surface area contributed by atoms with Crippen molar-refractivity contribution in [1.29, 1.82) is 0 Å². The first-order valence-electron chi connectivity index (χ1n) is 8.10. The summed E-state index contributed by atoms with van der Waals surface area (Å²) >= 11 is 0. The molecular weight excluding hydrogens is 368 g/mol. The highest BCUT2D eigenvalue weighted by atomic mass is 16.6. The van der Waals surface area contributed by atoms with Crippen LogP contribution in [0.3, 0.4) is 0 Å². The molecule has 0 aliphatic carbocycles. The van der Waals surface area contributed by atoms with E-state index in [1.807, 2.05) is 0 Å². The summed E-state index contributed by atoms with van der Waals surface area (Å²) in [4.78, 5) is 50.3. The first-order chi connectivity index (χ1) is 13.3. The number of nitrogens with zero attached hydrogens (tertiary/aromatic N) is 2. The molecule has 4 rings (SSSR count). The van der Waals surface area contributed by atoms with Crippen molar-refractivity contribution in [2.45, 2.75) is 6.54 Å². The van der Waals surface area contributed by atoms with Gasteiger partial charge in [-0.1, -0.05) is 18.2 Å². The van der Waals surface area contributed by atoms with E-state index in [2.05, 4.69) is 9.97 Å². The van der Waals surface area contributed by atoms with E-state index in [4.69, 9.17) is 0 Å². The fraction of sp³-hybridized carbons (Fsp3) is 0.0556. The van der Waals surface area contributed by atoms with Gasteiger partial charge in [-0.15, -0.1) is 0 Å². The van der Waals surface area contributed by atoms with E-state index >= 15 is 0 Å². The van der Waals surface area contributed by atoms with Crippen LogP contribution in [0, 0.1) is 10.1 Å². The van der Waals surface area contributed by atoms with Crippen LogP contribution in [0.15, 0.2) is 52.2 Å². The highest BCUT2D eigenvalue weighted by Crippen LogP contribution is 2.26. The van der Waals surface area contributed by atoms with Gasteiger partial charge < -0.3 is 19.6 Å². The molecule has 10 nitrogen and oxygen atoms in total. The van der Waals surface area contributed by atoms with E-state index in [0.717, 1.165) is 6.07 Å². The quantitative estimate of drug-likeness (QED) is 0.279. The maximum absolute atomic E-state index is 11.7. The minimum Gasteiger partial charge on any atom is -0.478 e. The number of fused-ring (bicyclic) bond motifs is 2. The van der Waals surface area contributed by atoms with Crippen LogP contribution < -0.4 is 11.1 Å². The second-order valence-electron chi connectivity index (χ2n) is 6.19. The SMILES string of the molecule is O=C(O)c1cn(Cc2cc([N+](=O)[O-])cc3[nH]c(=O)c(=O)[nH]c23)c2ccccc12. The van der Waals surface area contributed by atoms with Crippen molar-refractivity contribution >= 4 is 33.6 Å². The summed E-state index contributed by atoms with van der Waals surface area (Å²) in [6.45, 7) is 0.0496. The first-order valence-corrected chi connectivity index (χ1v) is 8.10. The van der Waals surface area contributed by atoms with Crippen LogP contribution >= 0.6 is 0 Å². The molecule has 0 fully saturated rings. The van der Waals surface area contributed by atoms with Crippen molar-refractivity contribution in [2.24, 2.45) is 0 Å². The highest BCUT2D eigenvalue weighted by Gasteiger charge is 2.17. The van der Waals surface area contributed by atoms with E-state index in [1.165, 1.54) is 12.3 Å². The second-order valence-corrected chi connectivity index (χ2v) is 6.19. The Morgan fingerprint density at radius 3 is 2.57 bits per heavy atom. The number of aromatic carboxylic acids is 1. The van der Waals surface area contributed by atoms with Gasteiger partial charge in [0.25, 0.3) is 5.69 Å². The number of aromatic amines is 2. The fourth-order valence-corrected chi connectivity index (χ4v) is 3.24. The highest BCUT2D eigenvalue weighted by molar-refractivity contribution is 6.03. The number of carboxylic acid groups (broad SMARTS) is 1. The number of carboxylic acids is 1. The van der Waals surface area contributed by atoms with Gasteiger partial charge in [-0.2, -0.15) is 0 Å². The zero-order chi connectivity index (χ0) is 20.0. The monoisotopic (exact) mass is 380 g/mol. The van der Waals surface area contributed by atoms with Crippen LogP contribution in [0.1, 0.15) is 15.9 Å². The van der Waals surface area contributed by atoms with E-state index < -0.39 is 22.0 Å². The largest absolute Gasteiger partial charge is 0.478 e. The summed E-state index contributed by atoms with van der Waals surface area (Å²) in [5, 5.41) is 21.2. The lowest BCUT2D eigenvalue weighted by Crippen LogP contribution is -2.29. The van der Waals surface area contributed by atoms with Crippen LogP contribution in [0.2, 0.25) is 0 Å². The van der Waals surface area contributed by atoms with Crippen molar-refractivity contribution in [3.05, 3.63) is 84.5 Å². The molecule has 0 unspecified atom stereocenters. The molecule has 0 aliphatic heterocycles. The standard InChI is InChI=1S/C18H12N4O6/c23-16-17(24)20-15-9(5-10(22(27)28)6-13(15)19-16)7-21-8-12(18(25)26)11-3-1-2-4-14(11)21/h1-6,8H,7H2,(H,19,23)(H,20,24)(H,25,26). The zero-order valence-corrected chi connectivity index (χ0v) is 14.1. The van der Waals surface area contributed by atoms with Crippen LogP contribution in [0.5, 0.6) is 0 Å². The summed E-state index contributed by atoms with van der Waals surface area (Å²) < 4.78 is 1.63. The smallest absolute Gasteiger partial charge is 0.337 e. The Balaban J connectivity index is 1.98. The number of rotatable bonds is 4. The third kappa shape index (κ3) is 2.72. The molecule has 2 aromatic carbocycles. The molecule has 10 heteroatoms. The number of hydrogen-bond acceptors (Lipinski definition) is 5. The zero-order valence-electron chi connectivity index (χ0n) is 14.1. The van der Waals surface area contributed by atoms with E-state index in [-0.39, 0.29) is 28.8 Å². The molecular formula is C18H12N4O6. The van der Waals surface area contributed by atoms with Gasteiger partial charge in [0, 0.05) is 41.3 Å². The lowest BCUT2D eigenvalue weighted by Gasteiger charge is -2.09. The number of hydrogen-bond donors (Lipinski definition) is 3. The molecule has 0 spiro atoms. The van der Waals surface area contributed by atoms with Crippen LogP contribution in [-0.4, -0.2) is 30.5 Å². The molecule has 0 amide bonds. The topological polar surface area (TPSA) is 151 Å². The summed E-state index contributed by atoms with van der Waals surface area (Å²) in [6.07, 6.45) is 1.43. The van der Waals surface area contributed by atoms with Crippen molar-refractivity contribution in [3.8, 4) is 0 Å². The predicted molar refractivity (Wildman–Crippen MR) is 99.8 cm³/mol. The van der Waals surface area contributed by atoms with E-state index in [9.17, 15) is 29.6 Å². The Labute approximate surface area is 154 Å². The number of aromatic nitrogens is 3. The Bertz CT molecular complexity index is 1390. The molecule has 3 N–H and O–H groups in total. The number of H-pyrrole nitrogens is 2. The van der Waals surface area contributed by atoms with Gasteiger partial charge in [-0.3, -0.25) is 19.7 Å². The number of benzene rings is 2. The number of nitro benzene ring substituents is 1. The van der Waals surface area contributed by atoms with Gasteiger partial charge >= 0.3 is 17.1 Å². The second kappa shape index (κ2) is 6.20.